The highest BCUT2D eigenvalue weighted by Gasteiger charge is 2.14. The number of carbonyl (C=O) groups is 1. The van der Waals surface area contributed by atoms with Crippen LogP contribution in [0.5, 0.6) is 11.6 Å². The summed E-state index contributed by atoms with van der Waals surface area (Å²) in [6.07, 6.45) is 0. The number of fused-ring (bicyclic) bond motifs is 1. The second-order valence-corrected chi connectivity index (χ2v) is 4.23. The molecule has 0 bridgehead atoms. The Balaban J connectivity index is 2.57. The van der Waals surface area contributed by atoms with Crippen molar-refractivity contribution in [1.29, 1.82) is 0 Å². The number of methoxy groups -OCH3 is 3. The van der Waals surface area contributed by atoms with Crippen LogP contribution in [0, 0.1) is 0 Å². The van der Waals surface area contributed by atoms with Gasteiger partial charge in [-0.05, 0) is 12.1 Å². The molecule has 0 saturated carbocycles. The van der Waals surface area contributed by atoms with Gasteiger partial charge >= 0.3 is 5.97 Å². The lowest BCUT2D eigenvalue weighted by Gasteiger charge is -2.05. The van der Waals surface area contributed by atoms with Gasteiger partial charge in [0.25, 0.3) is 5.88 Å². The highest BCUT2D eigenvalue weighted by molar-refractivity contribution is 7.20. The Morgan fingerprint density at radius 1 is 1.24 bits per heavy atom. The van der Waals surface area contributed by atoms with E-state index in [9.17, 15) is 4.79 Å². The first-order chi connectivity index (χ1) is 8.19. The molecule has 0 amide bonds. The maximum atomic E-state index is 11.4. The van der Waals surface area contributed by atoms with E-state index in [0.717, 1.165) is 5.39 Å². The van der Waals surface area contributed by atoms with Gasteiger partial charge in [0.1, 0.15) is 9.71 Å². The number of hydrogen-bond acceptors (Lipinski definition) is 6. The van der Waals surface area contributed by atoms with E-state index in [-0.39, 0.29) is 5.97 Å². The third-order valence-corrected chi connectivity index (χ3v) is 3.27. The Bertz CT molecular complexity index is 523. The first kappa shape index (κ1) is 11.7. The van der Waals surface area contributed by atoms with Crippen molar-refractivity contribution in [3.8, 4) is 11.6 Å². The quantitative estimate of drug-likeness (QED) is 0.784. The molecule has 5 nitrogen and oxygen atoms in total. The zero-order valence-electron chi connectivity index (χ0n) is 9.64. The van der Waals surface area contributed by atoms with Gasteiger partial charge in [-0.1, -0.05) is 0 Å². The minimum atomic E-state index is -0.370. The van der Waals surface area contributed by atoms with Crippen molar-refractivity contribution >= 4 is 27.5 Å². The van der Waals surface area contributed by atoms with Crippen LogP contribution < -0.4 is 9.47 Å². The summed E-state index contributed by atoms with van der Waals surface area (Å²) in [6.45, 7) is 0. The lowest BCUT2D eigenvalue weighted by molar-refractivity contribution is 0.0606. The second kappa shape index (κ2) is 4.58. The van der Waals surface area contributed by atoms with E-state index in [1.54, 1.807) is 19.2 Å². The third-order valence-electron chi connectivity index (χ3n) is 2.24. The van der Waals surface area contributed by atoms with E-state index < -0.39 is 0 Å². The van der Waals surface area contributed by atoms with Crippen LogP contribution in [-0.2, 0) is 4.74 Å². The van der Waals surface area contributed by atoms with Gasteiger partial charge in [-0.3, -0.25) is 0 Å². The molecule has 2 aromatic heterocycles. The number of nitrogens with zero attached hydrogens (tertiary/aromatic N) is 1. The van der Waals surface area contributed by atoms with Crippen molar-refractivity contribution in [2.24, 2.45) is 0 Å². The SMILES string of the molecule is COC(=O)c1cc2cc(OC)c(OC)nc2s1. The van der Waals surface area contributed by atoms with Gasteiger partial charge in [0.15, 0.2) is 5.75 Å². The number of esters is 1. The van der Waals surface area contributed by atoms with Crippen LogP contribution in [0.4, 0.5) is 0 Å². The van der Waals surface area contributed by atoms with Gasteiger partial charge < -0.3 is 14.2 Å². The van der Waals surface area contributed by atoms with E-state index in [0.29, 0.717) is 21.3 Å². The minimum absolute atomic E-state index is 0.370. The fourth-order valence-corrected chi connectivity index (χ4v) is 2.36. The number of hydrogen-bond donors (Lipinski definition) is 0. The Morgan fingerprint density at radius 3 is 2.59 bits per heavy atom. The molecular weight excluding hydrogens is 242 g/mol. The number of thiophene rings is 1. The average molecular weight is 253 g/mol. The number of rotatable bonds is 3. The van der Waals surface area contributed by atoms with Crippen LogP contribution in [0.15, 0.2) is 12.1 Å². The predicted octanol–water partition coefficient (Wildman–Crippen LogP) is 2.10. The molecule has 90 valence electrons. The molecule has 2 aromatic rings. The van der Waals surface area contributed by atoms with Crippen molar-refractivity contribution in [2.45, 2.75) is 0 Å². The number of ether oxygens (including phenoxy) is 3. The van der Waals surface area contributed by atoms with Crippen molar-refractivity contribution < 1.29 is 19.0 Å². The summed E-state index contributed by atoms with van der Waals surface area (Å²) in [5, 5.41) is 0.827. The van der Waals surface area contributed by atoms with Gasteiger partial charge in [-0.2, -0.15) is 4.98 Å². The van der Waals surface area contributed by atoms with Gasteiger partial charge in [-0.15, -0.1) is 11.3 Å². The van der Waals surface area contributed by atoms with E-state index >= 15 is 0 Å². The molecule has 0 fully saturated rings. The standard InChI is InChI=1S/C11H11NO4S/c1-14-7-4-6-5-8(11(13)16-3)17-10(6)12-9(7)15-2/h4-5H,1-3H3. The van der Waals surface area contributed by atoms with Crippen molar-refractivity contribution in [1.82, 2.24) is 4.98 Å². The fraction of sp³-hybridized carbons (Fsp3) is 0.273. The van der Waals surface area contributed by atoms with Crippen molar-refractivity contribution in [2.75, 3.05) is 21.3 Å². The van der Waals surface area contributed by atoms with Crippen LogP contribution >= 0.6 is 11.3 Å². The van der Waals surface area contributed by atoms with Gasteiger partial charge in [-0.25, -0.2) is 4.79 Å². The summed E-state index contributed by atoms with van der Waals surface area (Å²) in [5.41, 5.74) is 0. The topological polar surface area (TPSA) is 57.7 Å². The summed E-state index contributed by atoms with van der Waals surface area (Å²) < 4.78 is 14.9. The van der Waals surface area contributed by atoms with Gasteiger partial charge in [0, 0.05) is 5.39 Å². The molecule has 2 rings (SSSR count). The average Bonchev–Trinajstić information content (AvgIpc) is 2.78. The lowest BCUT2D eigenvalue weighted by Crippen LogP contribution is -1.96. The zero-order valence-corrected chi connectivity index (χ0v) is 10.5. The molecule has 0 radical (unpaired) electrons. The van der Waals surface area contributed by atoms with Crippen LogP contribution in [-0.4, -0.2) is 32.3 Å². The Hall–Kier alpha value is -1.82. The van der Waals surface area contributed by atoms with Crippen LogP contribution in [0.2, 0.25) is 0 Å². The number of pyridine rings is 1. The first-order valence-corrected chi connectivity index (χ1v) is 5.62. The molecule has 0 unspecified atom stereocenters. The third kappa shape index (κ3) is 2.03. The van der Waals surface area contributed by atoms with E-state index in [2.05, 4.69) is 9.72 Å². The lowest BCUT2D eigenvalue weighted by atomic mass is 10.3. The number of aromatic nitrogens is 1. The Labute approximate surface area is 102 Å². The molecule has 0 aliphatic rings. The first-order valence-electron chi connectivity index (χ1n) is 4.80. The Kier molecular flexibility index (Phi) is 3.14. The maximum absolute atomic E-state index is 11.4. The van der Waals surface area contributed by atoms with Gasteiger partial charge in [0.2, 0.25) is 0 Å². The van der Waals surface area contributed by atoms with Crippen molar-refractivity contribution in [3.63, 3.8) is 0 Å². The largest absolute Gasteiger partial charge is 0.491 e. The summed E-state index contributed by atoms with van der Waals surface area (Å²) in [4.78, 5) is 16.9. The van der Waals surface area contributed by atoms with Gasteiger partial charge in [0.05, 0.1) is 21.3 Å². The maximum Gasteiger partial charge on any atom is 0.348 e. The zero-order chi connectivity index (χ0) is 12.4. The van der Waals surface area contributed by atoms with E-state index in [1.165, 1.54) is 25.6 Å². The van der Waals surface area contributed by atoms with Crippen LogP contribution in [0.3, 0.4) is 0 Å². The highest BCUT2D eigenvalue weighted by Crippen LogP contribution is 2.33. The molecule has 0 aromatic carbocycles. The fourth-order valence-electron chi connectivity index (χ4n) is 1.43. The van der Waals surface area contributed by atoms with E-state index in [1.807, 2.05) is 0 Å². The molecule has 6 heteroatoms. The molecule has 0 spiro atoms. The number of carbonyl (C=O) groups excluding carboxylic acids is 1. The van der Waals surface area contributed by atoms with Crippen LogP contribution in [0.25, 0.3) is 10.2 Å². The predicted molar refractivity (Wildman–Crippen MR) is 64.1 cm³/mol. The molecule has 0 saturated heterocycles. The van der Waals surface area contributed by atoms with Crippen molar-refractivity contribution in [3.05, 3.63) is 17.0 Å². The summed E-state index contributed by atoms with van der Waals surface area (Å²) >= 11 is 1.26. The molecule has 0 aliphatic carbocycles. The Morgan fingerprint density at radius 2 is 2.00 bits per heavy atom. The molecule has 0 atom stereocenters. The van der Waals surface area contributed by atoms with E-state index in [4.69, 9.17) is 9.47 Å². The minimum Gasteiger partial charge on any atom is -0.491 e. The second-order valence-electron chi connectivity index (χ2n) is 3.20. The summed E-state index contributed by atoms with van der Waals surface area (Å²) in [6, 6.07) is 3.50. The summed E-state index contributed by atoms with van der Waals surface area (Å²) in [5.74, 6) is 0.568. The highest BCUT2D eigenvalue weighted by atomic mass is 32.1. The molecule has 17 heavy (non-hydrogen) atoms. The van der Waals surface area contributed by atoms with Crippen LogP contribution in [0.1, 0.15) is 9.67 Å². The molecular formula is C11H11NO4S. The molecule has 0 aliphatic heterocycles. The normalized spacial score (nSPS) is 10.3. The summed E-state index contributed by atoms with van der Waals surface area (Å²) in [7, 11) is 4.41. The monoisotopic (exact) mass is 253 g/mol. The molecule has 0 N–H and O–H groups in total. The molecule has 2 heterocycles. The smallest absolute Gasteiger partial charge is 0.348 e.